The van der Waals surface area contributed by atoms with Gasteiger partial charge in [0, 0.05) is 27.2 Å². The van der Waals surface area contributed by atoms with Crippen LogP contribution < -0.4 is 5.43 Å². The molecule has 32 heavy (non-hydrogen) atoms. The molecule has 1 aliphatic carbocycles. The van der Waals surface area contributed by atoms with Crippen LogP contribution >= 0.6 is 46.0 Å². The Morgan fingerprint density at radius 3 is 2.97 bits per heavy atom. The molecule has 0 saturated heterocycles. The van der Waals surface area contributed by atoms with Crippen LogP contribution in [0.4, 0.5) is 0 Å². The first-order valence-corrected chi connectivity index (χ1v) is 12.0. The van der Waals surface area contributed by atoms with E-state index in [2.05, 4.69) is 65.4 Å². The summed E-state index contributed by atoms with van der Waals surface area (Å²) >= 11 is 9.63. The van der Waals surface area contributed by atoms with Gasteiger partial charge < -0.3 is 0 Å². The standard InChI is InChI=1S/C21H17ClIN7OS/c22-17-10-15(23)7-6-14(17)11-26-27-19(31)13-32-21-29-28-20(18-12-24-8-9-25-18)30(21)16-4-2-1-3-5-16/h2,4-12H,1,3,13H2,(H,27,31)/b26-11+. The van der Waals surface area contributed by atoms with Crippen molar-refractivity contribution in [1.29, 1.82) is 0 Å². The first kappa shape index (κ1) is 22.6. The molecule has 0 fully saturated rings. The number of benzene rings is 1. The first-order valence-electron chi connectivity index (χ1n) is 9.60. The zero-order chi connectivity index (χ0) is 22.3. The lowest BCUT2D eigenvalue weighted by molar-refractivity contribution is -0.118. The SMILES string of the molecule is O=C(CSc1nnc(-c2cnccn2)n1C1=CCCC=C1)N/N=C/c1ccc(I)cc1Cl. The van der Waals surface area contributed by atoms with Gasteiger partial charge in [-0.2, -0.15) is 5.10 Å². The van der Waals surface area contributed by atoms with Crippen molar-refractivity contribution in [3.05, 3.63) is 69.2 Å². The number of allylic oxidation sites excluding steroid dienone is 4. The van der Waals surface area contributed by atoms with Gasteiger partial charge in [-0.05, 0) is 53.6 Å². The molecule has 162 valence electrons. The second-order valence-corrected chi connectivity index (χ2v) is 9.18. The monoisotopic (exact) mass is 577 g/mol. The minimum atomic E-state index is -0.267. The van der Waals surface area contributed by atoms with Crippen molar-refractivity contribution < 1.29 is 4.79 Å². The summed E-state index contributed by atoms with van der Waals surface area (Å²) in [6.07, 6.45) is 14.5. The van der Waals surface area contributed by atoms with Crippen molar-refractivity contribution in [1.82, 2.24) is 30.2 Å². The second-order valence-electron chi connectivity index (χ2n) is 6.59. The molecule has 0 unspecified atom stereocenters. The molecule has 2 heterocycles. The van der Waals surface area contributed by atoms with Crippen molar-refractivity contribution >= 4 is 63.8 Å². The lowest BCUT2D eigenvalue weighted by atomic mass is 10.1. The zero-order valence-electron chi connectivity index (χ0n) is 16.7. The van der Waals surface area contributed by atoms with E-state index in [1.54, 1.807) is 18.6 Å². The van der Waals surface area contributed by atoms with Gasteiger partial charge in [0.1, 0.15) is 5.69 Å². The average Bonchev–Trinajstić information content (AvgIpc) is 3.24. The molecule has 1 aromatic carbocycles. The van der Waals surface area contributed by atoms with Crippen molar-refractivity contribution in [3.63, 3.8) is 0 Å². The fourth-order valence-corrected chi connectivity index (χ4v) is 4.53. The lowest BCUT2D eigenvalue weighted by Gasteiger charge is -2.13. The predicted octanol–water partition coefficient (Wildman–Crippen LogP) is 4.43. The summed E-state index contributed by atoms with van der Waals surface area (Å²) in [5.41, 5.74) is 4.80. The van der Waals surface area contributed by atoms with E-state index >= 15 is 0 Å². The Morgan fingerprint density at radius 1 is 1.31 bits per heavy atom. The molecular formula is C21H17ClIN7OS. The van der Waals surface area contributed by atoms with Crippen LogP contribution in [-0.4, -0.2) is 42.6 Å². The van der Waals surface area contributed by atoms with Crippen LogP contribution in [0.15, 0.2) is 65.3 Å². The molecule has 1 amide bonds. The van der Waals surface area contributed by atoms with E-state index in [-0.39, 0.29) is 11.7 Å². The normalized spacial score (nSPS) is 13.4. The number of amides is 1. The van der Waals surface area contributed by atoms with Gasteiger partial charge in [-0.1, -0.05) is 41.6 Å². The van der Waals surface area contributed by atoms with Crippen LogP contribution in [0, 0.1) is 3.57 Å². The molecular weight excluding hydrogens is 561 g/mol. The summed E-state index contributed by atoms with van der Waals surface area (Å²) in [7, 11) is 0. The number of hydrazone groups is 1. The van der Waals surface area contributed by atoms with Crippen LogP contribution in [-0.2, 0) is 4.79 Å². The fraction of sp³-hybridized carbons (Fsp3) is 0.143. The molecule has 0 radical (unpaired) electrons. The maximum atomic E-state index is 12.3. The molecule has 0 saturated carbocycles. The van der Waals surface area contributed by atoms with Crippen LogP contribution in [0.1, 0.15) is 18.4 Å². The van der Waals surface area contributed by atoms with E-state index in [1.807, 2.05) is 28.8 Å². The van der Waals surface area contributed by atoms with Crippen LogP contribution in [0.3, 0.4) is 0 Å². The van der Waals surface area contributed by atoms with E-state index in [0.717, 1.165) is 27.7 Å². The number of aromatic nitrogens is 5. The number of carbonyl (C=O) groups excluding carboxylic acids is 1. The topological polar surface area (TPSA) is 98.0 Å². The molecule has 1 N–H and O–H groups in total. The maximum absolute atomic E-state index is 12.3. The number of rotatable bonds is 7. The number of carbonyl (C=O) groups is 1. The van der Waals surface area contributed by atoms with Gasteiger partial charge in [0.2, 0.25) is 0 Å². The molecule has 3 aromatic rings. The minimum Gasteiger partial charge on any atom is -0.272 e. The van der Waals surface area contributed by atoms with Crippen molar-refractivity contribution in [3.8, 4) is 11.5 Å². The third-order valence-electron chi connectivity index (χ3n) is 4.35. The van der Waals surface area contributed by atoms with Crippen LogP contribution in [0.25, 0.3) is 17.2 Å². The molecule has 0 bridgehead atoms. The molecule has 0 spiro atoms. The summed E-state index contributed by atoms with van der Waals surface area (Å²) in [6, 6.07) is 5.59. The third kappa shape index (κ3) is 5.61. The van der Waals surface area contributed by atoms with E-state index < -0.39 is 0 Å². The largest absolute Gasteiger partial charge is 0.272 e. The predicted molar refractivity (Wildman–Crippen MR) is 134 cm³/mol. The molecule has 1 aliphatic rings. The van der Waals surface area contributed by atoms with Gasteiger partial charge in [-0.25, -0.2) is 10.4 Å². The Bertz CT molecular complexity index is 1210. The highest BCUT2D eigenvalue weighted by molar-refractivity contribution is 14.1. The summed E-state index contributed by atoms with van der Waals surface area (Å²) in [5, 5.41) is 13.7. The van der Waals surface area contributed by atoms with Gasteiger partial charge >= 0.3 is 0 Å². The molecule has 4 rings (SSSR count). The minimum absolute atomic E-state index is 0.118. The third-order valence-corrected chi connectivity index (χ3v) is 6.27. The van der Waals surface area contributed by atoms with Crippen LogP contribution in [0.2, 0.25) is 5.02 Å². The lowest BCUT2D eigenvalue weighted by Crippen LogP contribution is -2.20. The number of hydrogen-bond acceptors (Lipinski definition) is 7. The Labute approximate surface area is 207 Å². The highest BCUT2D eigenvalue weighted by Gasteiger charge is 2.19. The summed E-state index contributed by atoms with van der Waals surface area (Å²) in [6.45, 7) is 0. The Morgan fingerprint density at radius 2 is 2.22 bits per heavy atom. The Hall–Kier alpha value is -2.57. The van der Waals surface area contributed by atoms with E-state index in [9.17, 15) is 4.79 Å². The van der Waals surface area contributed by atoms with Gasteiger partial charge in [-0.15, -0.1) is 10.2 Å². The van der Waals surface area contributed by atoms with Crippen LogP contribution in [0.5, 0.6) is 0 Å². The number of nitrogens with one attached hydrogen (secondary N) is 1. The smallest absolute Gasteiger partial charge is 0.250 e. The van der Waals surface area contributed by atoms with Gasteiger partial charge in [0.15, 0.2) is 11.0 Å². The summed E-state index contributed by atoms with van der Waals surface area (Å²) in [5.74, 6) is 0.426. The number of nitrogens with zero attached hydrogens (tertiary/aromatic N) is 6. The second kappa shape index (κ2) is 10.8. The van der Waals surface area contributed by atoms with Gasteiger partial charge in [0.05, 0.1) is 23.2 Å². The Balaban J connectivity index is 1.46. The maximum Gasteiger partial charge on any atom is 0.250 e. The quantitative estimate of drug-likeness (QED) is 0.193. The van der Waals surface area contributed by atoms with Gasteiger partial charge in [-0.3, -0.25) is 14.3 Å². The highest BCUT2D eigenvalue weighted by Crippen LogP contribution is 2.28. The number of halogens is 2. The number of hydrogen-bond donors (Lipinski definition) is 1. The van der Waals surface area contributed by atoms with Crippen molar-refractivity contribution in [2.45, 2.75) is 18.0 Å². The molecule has 0 aliphatic heterocycles. The average molecular weight is 578 g/mol. The van der Waals surface area contributed by atoms with Gasteiger partial charge in [0.25, 0.3) is 5.91 Å². The number of thioether (sulfide) groups is 1. The van der Waals surface area contributed by atoms with E-state index in [0.29, 0.717) is 21.7 Å². The Kier molecular flexibility index (Phi) is 7.66. The highest BCUT2D eigenvalue weighted by atomic mass is 127. The fourth-order valence-electron chi connectivity index (χ4n) is 2.88. The zero-order valence-corrected chi connectivity index (χ0v) is 20.4. The van der Waals surface area contributed by atoms with E-state index in [4.69, 9.17) is 11.6 Å². The first-order chi connectivity index (χ1) is 15.6. The molecule has 8 nitrogen and oxygen atoms in total. The molecule has 2 aromatic heterocycles. The molecule has 11 heteroatoms. The molecule has 0 atom stereocenters. The summed E-state index contributed by atoms with van der Waals surface area (Å²) in [4.78, 5) is 20.8. The van der Waals surface area contributed by atoms with E-state index in [1.165, 1.54) is 18.0 Å². The van der Waals surface area contributed by atoms with Crippen molar-refractivity contribution in [2.24, 2.45) is 5.10 Å². The van der Waals surface area contributed by atoms with Crippen molar-refractivity contribution in [2.75, 3.05) is 5.75 Å². The summed E-state index contributed by atoms with van der Waals surface area (Å²) < 4.78 is 2.92.